The van der Waals surface area contributed by atoms with Crippen LogP contribution >= 0.6 is 11.8 Å². The molecule has 6 heteroatoms. The molecular weight excluding hydrogens is 460 g/mol. The molecule has 2 aromatic rings. The number of carboxylic acid groups (broad SMARTS) is 2. The summed E-state index contributed by atoms with van der Waals surface area (Å²) in [7, 11) is 0. The van der Waals surface area contributed by atoms with Crippen molar-refractivity contribution < 1.29 is 24.9 Å². The van der Waals surface area contributed by atoms with E-state index in [0.717, 1.165) is 6.42 Å². The fraction of sp³-hybridized carbons (Fsp3) is 0.448. The second kappa shape index (κ2) is 16.2. The zero-order chi connectivity index (χ0) is 25.5. The highest BCUT2D eigenvalue weighted by Gasteiger charge is 2.21. The van der Waals surface area contributed by atoms with E-state index in [-0.39, 0.29) is 17.2 Å². The third kappa shape index (κ3) is 11.1. The first-order valence-corrected chi connectivity index (χ1v) is 13.4. The third-order valence-corrected chi connectivity index (χ3v) is 7.27. The van der Waals surface area contributed by atoms with Gasteiger partial charge in [0.25, 0.3) is 0 Å². The fourth-order valence-corrected chi connectivity index (χ4v) is 5.09. The molecule has 0 aliphatic heterocycles. The van der Waals surface area contributed by atoms with E-state index >= 15 is 0 Å². The lowest BCUT2D eigenvalue weighted by molar-refractivity contribution is -0.137. The van der Waals surface area contributed by atoms with Gasteiger partial charge in [0.1, 0.15) is 0 Å². The lowest BCUT2D eigenvalue weighted by Crippen LogP contribution is -2.22. The van der Waals surface area contributed by atoms with Gasteiger partial charge in [-0.3, -0.25) is 4.79 Å². The van der Waals surface area contributed by atoms with Gasteiger partial charge >= 0.3 is 11.9 Å². The molecule has 0 saturated carbocycles. The first-order chi connectivity index (χ1) is 16.9. The van der Waals surface area contributed by atoms with Crippen LogP contribution < -0.4 is 0 Å². The normalized spacial score (nSPS) is 13.1. The zero-order valence-electron chi connectivity index (χ0n) is 20.6. The molecule has 2 atom stereocenters. The molecule has 0 spiro atoms. The van der Waals surface area contributed by atoms with Crippen LogP contribution in [0.15, 0.2) is 65.6 Å². The minimum absolute atomic E-state index is 0.00513. The van der Waals surface area contributed by atoms with Crippen molar-refractivity contribution in [2.45, 2.75) is 87.4 Å². The minimum Gasteiger partial charge on any atom is -0.481 e. The van der Waals surface area contributed by atoms with Crippen LogP contribution in [0.25, 0.3) is 0 Å². The number of unbranched alkanes of at least 4 members (excludes halogenated alkanes) is 4. The van der Waals surface area contributed by atoms with E-state index in [1.807, 2.05) is 12.2 Å². The molecule has 0 fully saturated rings. The summed E-state index contributed by atoms with van der Waals surface area (Å²) in [5, 5.41) is 28.8. The summed E-state index contributed by atoms with van der Waals surface area (Å²) in [6.07, 6.45) is 12.0. The predicted octanol–water partition coefficient (Wildman–Crippen LogP) is 6.77. The smallest absolute Gasteiger partial charge is 0.336 e. The van der Waals surface area contributed by atoms with Gasteiger partial charge in [-0.2, -0.15) is 0 Å². The number of aliphatic carboxylic acids is 1. The molecule has 0 unspecified atom stereocenters. The van der Waals surface area contributed by atoms with Crippen LogP contribution in [-0.4, -0.2) is 38.6 Å². The van der Waals surface area contributed by atoms with Crippen molar-refractivity contribution in [3.8, 4) is 0 Å². The number of rotatable bonds is 17. The second-order valence-corrected chi connectivity index (χ2v) is 10.1. The standard InChI is InChI=1S/C29H38O5S/c1-2-3-4-5-6-11-22-18-20-23(21-19-22)12-9-16-27(25(30)14-10-17-28(31)32)35-26-15-8-7-13-24(26)29(33)34/h7-9,13,15-16,18-21,25,27,30H,2-6,10-12,14,17H2,1H3,(H,31,32)(H,33,34)/b16-9-/t25-,27+/m0/s1. The van der Waals surface area contributed by atoms with Crippen LogP contribution in [0.2, 0.25) is 0 Å². The lowest BCUT2D eigenvalue weighted by Gasteiger charge is -2.20. The number of aromatic carboxylic acids is 1. The molecule has 0 heterocycles. The number of benzene rings is 2. The van der Waals surface area contributed by atoms with Gasteiger partial charge in [0.15, 0.2) is 0 Å². The average molecular weight is 499 g/mol. The van der Waals surface area contributed by atoms with Crippen LogP contribution in [0.4, 0.5) is 0 Å². The lowest BCUT2D eigenvalue weighted by atomic mass is 10.0. The molecule has 190 valence electrons. The Morgan fingerprint density at radius 1 is 0.914 bits per heavy atom. The minimum atomic E-state index is -1.01. The molecule has 2 rings (SSSR count). The van der Waals surface area contributed by atoms with Crippen molar-refractivity contribution in [2.24, 2.45) is 0 Å². The van der Waals surface area contributed by atoms with Crippen molar-refractivity contribution in [2.75, 3.05) is 0 Å². The van der Waals surface area contributed by atoms with Crippen LogP contribution in [0.3, 0.4) is 0 Å². The number of aliphatic hydroxyl groups is 1. The summed E-state index contributed by atoms with van der Waals surface area (Å²) in [4.78, 5) is 23.0. The van der Waals surface area contributed by atoms with Gasteiger partial charge in [0.05, 0.1) is 16.9 Å². The van der Waals surface area contributed by atoms with Crippen LogP contribution in [0.5, 0.6) is 0 Å². The van der Waals surface area contributed by atoms with Gasteiger partial charge in [-0.25, -0.2) is 4.79 Å². The Kier molecular flexibility index (Phi) is 13.2. The summed E-state index contributed by atoms with van der Waals surface area (Å²) in [5.74, 6) is -1.90. The van der Waals surface area contributed by atoms with Crippen molar-refractivity contribution in [3.63, 3.8) is 0 Å². The molecule has 0 saturated heterocycles. The number of hydrogen-bond acceptors (Lipinski definition) is 4. The highest BCUT2D eigenvalue weighted by molar-refractivity contribution is 8.00. The number of hydrogen-bond donors (Lipinski definition) is 3. The topological polar surface area (TPSA) is 94.8 Å². The summed E-state index contributed by atoms with van der Waals surface area (Å²) < 4.78 is 0. The van der Waals surface area contributed by atoms with E-state index in [1.165, 1.54) is 55.0 Å². The molecule has 35 heavy (non-hydrogen) atoms. The van der Waals surface area contributed by atoms with E-state index in [1.54, 1.807) is 24.3 Å². The maximum atomic E-state index is 11.6. The summed E-state index contributed by atoms with van der Waals surface area (Å²) in [6, 6.07) is 15.4. The number of aliphatic hydroxyl groups excluding tert-OH is 1. The van der Waals surface area contributed by atoms with E-state index in [2.05, 4.69) is 31.2 Å². The van der Waals surface area contributed by atoms with Crippen LogP contribution in [0.1, 0.15) is 79.8 Å². The number of allylic oxidation sites excluding steroid dienone is 1. The number of thioether (sulfide) groups is 1. The number of carbonyl (C=O) groups is 2. The van der Waals surface area contributed by atoms with Gasteiger partial charge in [-0.15, -0.1) is 11.8 Å². The van der Waals surface area contributed by atoms with Gasteiger partial charge in [0.2, 0.25) is 0 Å². The van der Waals surface area contributed by atoms with Crippen LogP contribution in [0, 0.1) is 0 Å². The highest BCUT2D eigenvalue weighted by Crippen LogP contribution is 2.31. The number of aryl methyl sites for hydroxylation is 1. The molecule has 0 amide bonds. The first-order valence-electron chi connectivity index (χ1n) is 12.5. The molecule has 3 N–H and O–H groups in total. The summed E-state index contributed by atoms with van der Waals surface area (Å²) in [5.41, 5.74) is 2.71. The Morgan fingerprint density at radius 3 is 2.29 bits per heavy atom. The van der Waals surface area contributed by atoms with E-state index in [9.17, 15) is 19.8 Å². The molecular formula is C29H38O5S. The summed E-state index contributed by atoms with van der Waals surface area (Å²) >= 11 is 1.30. The quantitative estimate of drug-likeness (QED) is 0.126. The molecule has 2 aromatic carbocycles. The Balaban J connectivity index is 2.01. The Labute approximate surface area is 213 Å². The summed E-state index contributed by atoms with van der Waals surface area (Å²) in [6.45, 7) is 2.23. The van der Waals surface area contributed by atoms with E-state index < -0.39 is 18.0 Å². The SMILES string of the molecule is CCCCCCCc1ccc(C/C=C\[C@@H](Sc2ccccc2C(=O)O)[C@@H](O)CCCC(=O)O)cc1. The molecule has 0 aliphatic carbocycles. The van der Waals surface area contributed by atoms with E-state index in [0.29, 0.717) is 24.2 Å². The van der Waals surface area contributed by atoms with Crippen molar-refractivity contribution in [1.29, 1.82) is 0 Å². The highest BCUT2D eigenvalue weighted by atomic mass is 32.2. The zero-order valence-corrected chi connectivity index (χ0v) is 21.4. The van der Waals surface area contributed by atoms with Crippen molar-refractivity contribution in [3.05, 3.63) is 77.4 Å². The molecule has 5 nitrogen and oxygen atoms in total. The maximum absolute atomic E-state index is 11.6. The molecule has 0 bridgehead atoms. The second-order valence-electron chi connectivity index (χ2n) is 8.85. The van der Waals surface area contributed by atoms with Gasteiger partial charge in [0, 0.05) is 11.3 Å². The average Bonchev–Trinajstić information content (AvgIpc) is 2.84. The Morgan fingerprint density at radius 2 is 1.60 bits per heavy atom. The number of carboxylic acids is 2. The van der Waals surface area contributed by atoms with Crippen molar-refractivity contribution >= 4 is 23.7 Å². The van der Waals surface area contributed by atoms with Gasteiger partial charge in [-0.1, -0.05) is 81.2 Å². The van der Waals surface area contributed by atoms with Crippen molar-refractivity contribution in [1.82, 2.24) is 0 Å². The van der Waals surface area contributed by atoms with Crippen LogP contribution in [-0.2, 0) is 17.6 Å². The third-order valence-electron chi connectivity index (χ3n) is 5.92. The largest absolute Gasteiger partial charge is 0.481 e. The molecule has 0 radical (unpaired) electrons. The maximum Gasteiger partial charge on any atom is 0.336 e. The predicted molar refractivity (Wildman–Crippen MR) is 142 cm³/mol. The fourth-order valence-electron chi connectivity index (χ4n) is 3.88. The first kappa shape index (κ1) is 28.7. The van der Waals surface area contributed by atoms with Gasteiger partial charge < -0.3 is 15.3 Å². The molecule has 0 aliphatic rings. The monoisotopic (exact) mass is 498 g/mol. The van der Waals surface area contributed by atoms with Gasteiger partial charge in [-0.05, 0) is 55.4 Å². The Hall–Kier alpha value is -2.57. The molecule has 0 aromatic heterocycles. The van der Waals surface area contributed by atoms with E-state index in [4.69, 9.17) is 5.11 Å². The Bertz CT molecular complexity index is 938.